The molecule has 30 heavy (non-hydrogen) atoms. The molecule has 3 heterocycles. The number of nitrogens with zero attached hydrogens (tertiary/aromatic N) is 4. The molecule has 0 unspecified atom stereocenters. The second-order valence-corrected chi connectivity index (χ2v) is 6.59. The molecule has 0 atom stereocenters. The Kier molecular flexibility index (Phi) is 4.65. The predicted molar refractivity (Wildman–Crippen MR) is 108 cm³/mol. The number of hydrogen-bond donors (Lipinski definition) is 0. The summed E-state index contributed by atoms with van der Waals surface area (Å²) in [5, 5.41) is 0. The molecule has 0 aliphatic carbocycles. The summed E-state index contributed by atoms with van der Waals surface area (Å²) in [7, 11) is 1.56. The van der Waals surface area contributed by atoms with Gasteiger partial charge in [-0.25, -0.2) is 9.97 Å². The number of fused-ring (bicyclic) bond motifs is 1. The zero-order valence-corrected chi connectivity index (χ0v) is 16.2. The highest BCUT2D eigenvalue weighted by Crippen LogP contribution is 2.34. The zero-order chi connectivity index (χ0) is 20.3. The summed E-state index contributed by atoms with van der Waals surface area (Å²) in [5.74, 6) is 3.55. The van der Waals surface area contributed by atoms with Crippen molar-refractivity contribution >= 4 is 0 Å². The predicted octanol–water partition coefficient (Wildman–Crippen LogP) is 3.78. The van der Waals surface area contributed by atoms with Crippen molar-refractivity contribution in [1.29, 1.82) is 0 Å². The fraction of sp³-hybridized carbons (Fsp3) is 0.136. The second kappa shape index (κ2) is 7.75. The third-order valence-electron chi connectivity index (χ3n) is 4.65. The number of aromatic nitrogens is 4. The van der Waals surface area contributed by atoms with Crippen LogP contribution in [0.5, 0.6) is 28.9 Å². The summed E-state index contributed by atoms with van der Waals surface area (Å²) in [4.78, 5) is 13.0. The van der Waals surface area contributed by atoms with Gasteiger partial charge < -0.3 is 23.5 Å². The molecule has 0 fully saturated rings. The molecule has 8 heteroatoms. The van der Waals surface area contributed by atoms with Gasteiger partial charge in [-0.05, 0) is 42.0 Å². The van der Waals surface area contributed by atoms with Crippen LogP contribution in [0.1, 0.15) is 11.4 Å². The fourth-order valence-corrected chi connectivity index (χ4v) is 3.13. The minimum absolute atomic E-state index is 0.245. The van der Waals surface area contributed by atoms with Crippen LogP contribution in [0.15, 0.2) is 67.4 Å². The monoisotopic (exact) mass is 402 g/mol. The normalized spacial score (nSPS) is 12.0. The van der Waals surface area contributed by atoms with E-state index in [-0.39, 0.29) is 6.79 Å². The maximum absolute atomic E-state index is 5.98. The molecule has 0 saturated carbocycles. The van der Waals surface area contributed by atoms with Gasteiger partial charge in [0.05, 0.1) is 19.6 Å². The van der Waals surface area contributed by atoms with Gasteiger partial charge in [-0.2, -0.15) is 4.98 Å². The molecule has 0 bridgehead atoms. The summed E-state index contributed by atoms with van der Waals surface area (Å²) in [6.07, 6.45) is 7.50. The van der Waals surface area contributed by atoms with Crippen LogP contribution in [-0.4, -0.2) is 33.4 Å². The van der Waals surface area contributed by atoms with Crippen molar-refractivity contribution in [1.82, 2.24) is 19.5 Å². The van der Waals surface area contributed by atoms with Gasteiger partial charge in [0, 0.05) is 24.5 Å². The molecule has 2 aromatic heterocycles. The molecule has 150 valence electrons. The van der Waals surface area contributed by atoms with E-state index in [0.717, 1.165) is 22.7 Å². The minimum Gasteiger partial charge on any atom is -0.490 e. The van der Waals surface area contributed by atoms with E-state index in [0.29, 0.717) is 29.6 Å². The standard InChI is InChI=1S/C22H18N4O4/c1-27-20-12-24-21(11-15-2-7-18-19(10-15)29-14-28-18)25-22(20)30-17-5-3-16(4-6-17)26-9-8-23-13-26/h2-10,12-13H,11,14H2,1H3. The molecule has 0 saturated heterocycles. The van der Waals surface area contributed by atoms with Gasteiger partial charge in [0.1, 0.15) is 11.6 Å². The highest BCUT2D eigenvalue weighted by molar-refractivity contribution is 5.45. The molecular formula is C22H18N4O4. The maximum Gasteiger partial charge on any atom is 0.265 e. The number of benzene rings is 2. The Balaban J connectivity index is 1.36. The van der Waals surface area contributed by atoms with E-state index >= 15 is 0 Å². The summed E-state index contributed by atoms with van der Waals surface area (Å²) in [6, 6.07) is 13.4. The number of imidazole rings is 1. The van der Waals surface area contributed by atoms with Gasteiger partial charge in [0.25, 0.3) is 5.88 Å². The van der Waals surface area contributed by atoms with E-state index in [4.69, 9.17) is 18.9 Å². The van der Waals surface area contributed by atoms with Crippen LogP contribution >= 0.6 is 0 Å². The van der Waals surface area contributed by atoms with E-state index in [1.54, 1.807) is 25.8 Å². The Morgan fingerprint density at radius 3 is 2.73 bits per heavy atom. The molecule has 2 aromatic carbocycles. The molecule has 1 aliphatic heterocycles. The molecule has 1 aliphatic rings. The van der Waals surface area contributed by atoms with E-state index < -0.39 is 0 Å². The van der Waals surface area contributed by atoms with E-state index in [9.17, 15) is 0 Å². The molecule has 5 rings (SSSR count). The molecule has 0 N–H and O–H groups in total. The lowest BCUT2D eigenvalue weighted by atomic mass is 10.1. The number of hydrogen-bond acceptors (Lipinski definition) is 7. The molecule has 0 spiro atoms. The summed E-state index contributed by atoms with van der Waals surface area (Å²) < 4.78 is 24.1. The first-order valence-corrected chi connectivity index (χ1v) is 9.33. The Morgan fingerprint density at radius 2 is 1.93 bits per heavy atom. The first-order chi connectivity index (χ1) is 14.8. The molecular weight excluding hydrogens is 384 g/mol. The zero-order valence-electron chi connectivity index (χ0n) is 16.2. The smallest absolute Gasteiger partial charge is 0.265 e. The van der Waals surface area contributed by atoms with Crippen LogP contribution in [0.25, 0.3) is 5.69 Å². The van der Waals surface area contributed by atoms with Gasteiger partial charge in [0.15, 0.2) is 17.2 Å². The van der Waals surface area contributed by atoms with Gasteiger partial charge in [0.2, 0.25) is 6.79 Å². The Labute approximate surface area is 172 Å². The van der Waals surface area contributed by atoms with Crippen molar-refractivity contribution in [2.45, 2.75) is 6.42 Å². The Hall–Kier alpha value is -4.07. The molecule has 0 amide bonds. The van der Waals surface area contributed by atoms with Gasteiger partial charge >= 0.3 is 0 Å². The van der Waals surface area contributed by atoms with E-state index in [1.807, 2.05) is 53.2 Å². The van der Waals surface area contributed by atoms with Crippen LogP contribution in [-0.2, 0) is 6.42 Å². The van der Waals surface area contributed by atoms with Gasteiger partial charge in [-0.3, -0.25) is 0 Å². The second-order valence-electron chi connectivity index (χ2n) is 6.59. The SMILES string of the molecule is COc1cnc(Cc2ccc3c(c2)OCO3)nc1Oc1ccc(-n2ccnc2)cc1. The number of methoxy groups -OCH3 is 1. The maximum atomic E-state index is 5.98. The van der Waals surface area contributed by atoms with Crippen molar-refractivity contribution in [2.24, 2.45) is 0 Å². The third-order valence-corrected chi connectivity index (χ3v) is 4.65. The molecule has 0 radical (unpaired) electrons. The first kappa shape index (κ1) is 18.0. The Bertz CT molecular complexity index is 1160. The van der Waals surface area contributed by atoms with Crippen LogP contribution in [0.2, 0.25) is 0 Å². The highest BCUT2D eigenvalue weighted by atomic mass is 16.7. The summed E-state index contributed by atoms with van der Waals surface area (Å²) in [5.41, 5.74) is 2.00. The van der Waals surface area contributed by atoms with E-state index in [1.165, 1.54) is 0 Å². The summed E-state index contributed by atoms with van der Waals surface area (Å²) >= 11 is 0. The first-order valence-electron chi connectivity index (χ1n) is 9.33. The van der Waals surface area contributed by atoms with Crippen molar-refractivity contribution in [3.63, 3.8) is 0 Å². The minimum atomic E-state index is 0.245. The lowest BCUT2D eigenvalue weighted by Crippen LogP contribution is -2.01. The summed E-state index contributed by atoms with van der Waals surface area (Å²) in [6.45, 7) is 0.245. The lowest BCUT2D eigenvalue weighted by Gasteiger charge is -2.11. The highest BCUT2D eigenvalue weighted by Gasteiger charge is 2.15. The quantitative estimate of drug-likeness (QED) is 0.485. The van der Waals surface area contributed by atoms with Crippen LogP contribution < -0.4 is 18.9 Å². The molecule has 4 aromatic rings. The average molecular weight is 402 g/mol. The van der Waals surface area contributed by atoms with Crippen LogP contribution in [0.3, 0.4) is 0 Å². The van der Waals surface area contributed by atoms with Crippen molar-refractivity contribution in [2.75, 3.05) is 13.9 Å². The third kappa shape index (κ3) is 3.62. The number of rotatable bonds is 6. The van der Waals surface area contributed by atoms with Gasteiger partial charge in [-0.15, -0.1) is 0 Å². The fourth-order valence-electron chi connectivity index (χ4n) is 3.13. The Morgan fingerprint density at radius 1 is 1.07 bits per heavy atom. The van der Waals surface area contributed by atoms with E-state index in [2.05, 4.69) is 15.0 Å². The van der Waals surface area contributed by atoms with Gasteiger partial charge in [-0.1, -0.05) is 6.07 Å². The molecule has 8 nitrogen and oxygen atoms in total. The average Bonchev–Trinajstić information content (AvgIpc) is 3.46. The van der Waals surface area contributed by atoms with Crippen LogP contribution in [0.4, 0.5) is 0 Å². The number of ether oxygens (including phenoxy) is 4. The van der Waals surface area contributed by atoms with Crippen molar-refractivity contribution < 1.29 is 18.9 Å². The lowest BCUT2D eigenvalue weighted by molar-refractivity contribution is 0.174. The largest absolute Gasteiger partial charge is 0.490 e. The van der Waals surface area contributed by atoms with Crippen molar-refractivity contribution in [3.05, 3.63) is 78.8 Å². The topological polar surface area (TPSA) is 80.5 Å². The van der Waals surface area contributed by atoms with Crippen molar-refractivity contribution in [3.8, 4) is 34.6 Å². The van der Waals surface area contributed by atoms with Crippen LogP contribution in [0, 0.1) is 0 Å².